The van der Waals surface area contributed by atoms with Crippen LogP contribution in [-0.4, -0.2) is 47.0 Å². The van der Waals surface area contributed by atoms with Gasteiger partial charge in [-0.3, -0.25) is 10.0 Å². The molecular weight excluding hydrogens is 437 g/mol. The van der Waals surface area contributed by atoms with E-state index in [4.69, 9.17) is 4.74 Å². The molecule has 0 fully saturated rings. The number of rotatable bonds is 6. The highest BCUT2D eigenvalue weighted by molar-refractivity contribution is 6.17. The third kappa shape index (κ3) is 4.19. The number of aromatic nitrogens is 2. The quantitative estimate of drug-likeness (QED) is 0.344. The van der Waals surface area contributed by atoms with Crippen molar-refractivity contribution in [2.24, 2.45) is 4.99 Å². The SMILES string of the molecule is C=C(F)/N=C1\C(=C)N(C)C(=O)c2cc(CCOc3cc[n+](O)c4ccccc34)cnc2N1CC. The number of anilines is 1. The van der Waals surface area contributed by atoms with Crippen molar-refractivity contribution in [2.45, 2.75) is 13.3 Å². The summed E-state index contributed by atoms with van der Waals surface area (Å²) in [5.41, 5.74) is 2.05. The van der Waals surface area contributed by atoms with Gasteiger partial charge in [-0.1, -0.05) is 18.7 Å². The Morgan fingerprint density at radius 2 is 2.09 bits per heavy atom. The van der Waals surface area contributed by atoms with Crippen molar-refractivity contribution in [1.82, 2.24) is 9.88 Å². The second-order valence-corrected chi connectivity index (χ2v) is 7.72. The first-order chi connectivity index (χ1) is 16.3. The molecule has 0 atom stereocenters. The van der Waals surface area contributed by atoms with Crippen molar-refractivity contribution in [3.63, 3.8) is 0 Å². The zero-order valence-electron chi connectivity index (χ0n) is 19.0. The number of amides is 1. The Balaban J connectivity index is 1.60. The van der Waals surface area contributed by atoms with Gasteiger partial charge in [-0.15, -0.1) is 0 Å². The molecule has 0 bridgehead atoms. The van der Waals surface area contributed by atoms with Gasteiger partial charge in [0.2, 0.25) is 12.1 Å². The van der Waals surface area contributed by atoms with Crippen LogP contribution in [-0.2, 0) is 6.42 Å². The maximum atomic E-state index is 13.6. The van der Waals surface area contributed by atoms with Crippen molar-refractivity contribution < 1.29 is 23.9 Å². The van der Waals surface area contributed by atoms with Crippen molar-refractivity contribution in [1.29, 1.82) is 0 Å². The lowest BCUT2D eigenvalue weighted by Crippen LogP contribution is -2.35. The van der Waals surface area contributed by atoms with E-state index in [9.17, 15) is 14.4 Å². The summed E-state index contributed by atoms with van der Waals surface area (Å²) in [6.45, 7) is 9.71. The minimum absolute atomic E-state index is 0.185. The van der Waals surface area contributed by atoms with Crippen molar-refractivity contribution in [3.05, 3.63) is 84.7 Å². The summed E-state index contributed by atoms with van der Waals surface area (Å²) >= 11 is 0. The fourth-order valence-corrected chi connectivity index (χ4v) is 3.85. The Morgan fingerprint density at radius 1 is 1.32 bits per heavy atom. The predicted molar refractivity (Wildman–Crippen MR) is 127 cm³/mol. The van der Waals surface area contributed by atoms with E-state index < -0.39 is 5.95 Å². The minimum Gasteiger partial charge on any atom is -0.492 e. The first-order valence-corrected chi connectivity index (χ1v) is 10.7. The number of pyridine rings is 2. The normalized spacial score (nSPS) is 15.0. The van der Waals surface area contributed by atoms with Crippen molar-refractivity contribution in [3.8, 4) is 5.75 Å². The molecule has 34 heavy (non-hydrogen) atoms. The molecule has 8 nitrogen and oxygen atoms in total. The number of aliphatic imine (C=N–C) groups is 1. The summed E-state index contributed by atoms with van der Waals surface area (Å²) in [6, 6.07) is 10.8. The molecule has 0 radical (unpaired) electrons. The van der Waals surface area contributed by atoms with Gasteiger partial charge in [0, 0.05) is 43.1 Å². The average molecular weight is 463 g/mol. The van der Waals surface area contributed by atoms with E-state index >= 15 is 0 Å². The summed E-state index contributed by atoms with van der Waals surface area (Å²) in [4.78, 5) is 24.5. The smallest absolute Gasteiger partial charge is 0.268 e. The molecule has 0 spiro atoms. The van der Waals surface area contributed by atoms with Crippen LogP contribution in [0, 0.1) is 0 Å². The van der Waals surface area contributed by atoms with Crippen LogP contribution in [0.4, 0.5) is 10.2 Å². The molecule has 1 aliphatic rings. The van der Waals surface area contributed by atoms with Gasteiger partial charge in [0.05, 0.1) is 23.3 Å². The molecule has 1 aliphatic heterocycles. The lowest BCUT2D eigenvalue weighted by Gasteiger charge is -2.24. The molecule has 9 heteroatoms. The monoisotopic (exact) mass is 462 g/mol. The van der Waals surface area contributed by atoms with Gasteiger partial charge in [0.1, 0.15) is 11.6 Å². The van der Waals surface area contributed by atoms with Gasteiger partial charge >= 0.3 is 0 Å². The topological polar surface area (TPSA) is 82.1 Å². The summed E-state index contributed by atoms with van der Waals surface area (Å²) in [5.74, 6) is 0.00689. The van der Waals surface area contributed by atoms with Gasteiger partial charge in [-0.25, -0.2) is 9.98 Å². The number of ether oxygens (including phenoxy) is 1. The van der Waals surface area contributed by atoms with Crippen LogP contribution >= 0.6 is 0 Å². The van der Waals surface area contributed by atoms with E-state index in [1.54, 1.807) is 36.3 Å². The third-order valence-corrected chi connectivity index (χ3v) is 5.61. The molecular formula is C25H25FN5O3+. The van der Waals surface area contributed by atoms with E-state index in [1.807, 2.05) is 25.1 Å². The highest BCUT2D eigenvalue weighted by Gasteiger charge is 2.32. The van der Waals surface area contributed by atoms with Crippen LogP contribution in [0.2, 0.25) is 0 Å². The number of halogens is 1. The molecule has 3 heterocycles. The van der Waals surface area contributed by atoms with Crippen LogP contribution in [0.15, 0.2) is 78.6 Å². The van der Waals surface area contributed by atoms with E-state index in [-0.39, 0.29) is 17.4 Å². The van der Waals surface area contributed by atoms with Crippen LogP contribution in [0.25, 0.3) is 10.9 Å². The molecule has 1 N–H and O–H groups in total. The number of hydrogen-bond donors (Lipinski definition) is 1. The molecule has 0 saturated heterocycles. The standard InChI is InChI=1S/C25H25FN5O3/c1-5-30-23(28-17(3)26)16(2)29(4)25(32)20-14-18(15-27-24(20)30)11-13-34-22-10-12-31(33)21-9-7-6-8-19(21)22/h6-10,12,14-15,33H,2-3,5,11,13H2,1,4H3/q+1/b28-23+. The lowest BCUT2D eigenvalue weighted by molar-refractivity contribution is -0.884. The summed E-state index contributed by atoms with van der Waals surface area (Å²) < 4.78 is 20.6. The number of nitrogens with zero attached hydrogens (tertiary/aromatic N) is 5. The molecule has 0 saturated carbocycles. The van der Waals surface area contributed by atoms with Crippen LogP contribution in [0.1, 0.15) is 22.8 Å². The third-order valence-electron chi connectivity index (χ3n) is 5.61. The fraction of sp³-hybridized carbons (Fsp3) is 0.200. The van der Waals surface area contributed by atoms with Crippen LogP contribution in [0.5, 0.6) is 5.75 Å². The Bertz CT molecular complexity index is 1340. The number of hydrogen-bond acceptors (Lipinski definition) is 5. The summed E-state index contributed by atoms with van der Waals surface area (Å²) in [6.07, 6.45) is 3.68. The molecule has 3 aromatic rings. The van der Waals surface area contributed by atoms with Crippen molar-refractivity contribution in [2.75, 3.05) is 25.1 Å². The largest absolute Gasteiger partial charge is 0.492 e. The number of para-hydroxylation sites is 1. The minimum atomic E-state index is -0.882. The van der Waals surface area contributed by atoms with E-state index in [1.165, 1.54) is 11.1 Å². The van der Waals surface area contributed by atoms with Gasteiger partial charge in [-0.2, -0.15) is 4.39 Å². The second-order valence-electron chi connectivity index (χ2n) is 7.72. The number of likely N-dealkylation sites (N-methyl/N-ethyl adjacent to an activating group) is 2. The Morgan fingerprint density at radius 3 is 2.82 bits per heavy atom. The van der Waals surface area contributed by atoms with Gasteiger partial charge in [-0.05, 0) is 31.2 Å². The molecule has 174 valence electrons. The Kier molecular flexibility index (Phi) is 6.27. The molecule has 2 aromatic heterocycles. The maximum absolute atomic E-state index is 13.6. The average Bonchev–Trinajstić information content (AvgIpc) is 2.90. The van der Waals surface area contributed by atoms with Crippen LogP contribution in [0.3, 0.4) is 0 Å². The zero-order chi connectivity index (χ0) is 24.4. The zero-order valence-corrected chi connectivity index (χ0v) is 19.0. The Labute approximate surface area is 196 Å². The van der Waals surface area contributed by atoms with E-state index in [0.29, 0.717) is 42.2 Å². The fourth-order valence-electron chi connectivity index (χ4n) is 3.85. The van der Waals surface area contributed by atoms with Gasteiger partial charge in [0.25, 0.3) is 11.4 Å². The molecule has 1 aromatic carbocycles. The molecule has 0 aliphatic carbocycles. The van der Waals surface area contributed by atoms with Crippen molar-refractivity contribution >= 4 is 28.5 Å². The van der Waals surface area contributed by atoms with Gasteiger partial charge in [0.15, 0.2) is 5.84 Å². The maximum Gasteiger partial charge on any atom is 0.268 e. The number of carbonyl (C=O) groups excluding carboxylic acids is 1. The molecule has 0 unspecified atom stereocenters. The predicted octanol–water partition coefficient (Wildman–Crippen LogP) is 3.65. The number of fused-ring (bicyclic) bond motifs is 2. The molecule has 4 rings (SSSR count). The first-order valence-electron chi connectivity index (χ1n) is 10.7. The number of benzene rings is 1. The number of carbonyl (C=O) groups is 1. The van der Waals surface area contributed by atoms with Crippen LogP contribution < -0.4 is 14.4 Å². The Hall–Kier alpha value is -4.27. The first kappa shape index (κ1) is 22.9. The van der Waals surface area contributed by atoms with E-state index in [0.717, 1.165) is 15.7 Å². The molecule has 1 amide bonds. The second kappa shape index (κ2) is 9.30. The summed E-state index contributed by atoms with van der Waals surface area (Å²) in [7, 11) is 1.56. The highest BCUT2D eigenvalue weighted by atomic mass is 19.1. The highest BCUT2D eigenvalue weighted by Crippen LogP contribution is 2.29. The van der Waals surface area contributed by atoms with E-state index in [2.05, 4.69) is 23.1 Å². The van der Waals surface area contributed by atoms with Gasteiger partial charge < -0.3 is 14.5 Å². The summed E-state index contributed by atoms with van der Waals surface area (Å²) in [5, 5.41) is 10.8. The lowest BCUT2D eigenvalue weighted by atomic mass is 10.1. The number of amidine groups is 1.